The van der Waals surface area contributed by atoms with Crippen LogP contribution in [0.15, 0.2) is 97.3 Å². The van der Waals surface area contributed by atoms with Crippen molar-refractivity contribution in [3.8, 4) is 45.1 Å². The van der Waals surface area contributed by atoms with E-state index in [1.54, 1.807) is 36.0 Å². The molecule has 0 radical (unpaired) electrons. The van der Waals surface area contributed by atoms with E-state index in [-0.39, 0.29) is 25.0 Å². The molecule has 4 N–H and O–H groups in total. The van der Waals surface area contributed by atoms with Gasteiger partial charge in [-0.3, -0.25) is 9.59 Å². The first-order valence-corrected chi connectivity index (χ1v) is 23.3. The number of carbonyl (C=O) groups is 4. The second-order valence-corrected chi connectivity index (χ2v) is 16.8. The van der Waals surface area contributed by atoms with Gasteiger partial charge in [-0.2, -0.15) is 0 Å². The summed E-state index contributed by atoms with van der Waals surface area (Å²) in [5.41, 5.74) is 8.41. The maximum atomic E-state index is 14.3. The average Bonchev–Trinajstić information content (AvgIpc) is 4.07. The molecule has 16 heteroatoms. The monoisotopic (exact) mass is 922 g/mol. The average molecular weight is 923 g/mol. The van der Waals surface area contributed by atoms with Crippen molar-refractivity contribution in [1.29, 1.82) is 0 Å². The molecule has 4 heterocycles. The van der Waals surface area contributed by atoms with Crippen molar-refractivity contribution in [3.63, 3.8) is 0 Å². The Balaban J connectivity index is 1.02. The summed E-state index contributed by atoms with van der Waals surface area (Å²) in [5.74, 6) is 2.10. The van der Waals surface area contributed by atoms with E-state index in [0.717, 1.165) is 56.3 Å². The summed E-state index contributed by atoms with van der Waals surface area (Å²) in [5, 5.41) is 5.53. The number of benzene rings is 4. The summed E-state index contributed by atoms with van der Waals surface area (Å²) in [6, 6.07) is 23.7. The first-order valence-electron chi connectivity index (χ1n) is 23.3. The van der Waals surface area contributed by atoms with Crippen LogP contribution < -0.4 is 20.1 Å². The Labute approximate surface area is 395 Å². The fourth-order valence-electron chi connectivity index (χ4n) is 8.93. The number of imidazole rings is 2. The highest BCUT2D eigenvalue weighted by Crippen LogP contribution is 2.51. The van der Waals surface area contributed by atoms with Crippen LogP contribution in [0.2, 0.25) is 0 Å². The Morgan fingerprint density at radius 1 is 0.618 bits per heavy atom. The van der Waals surface area contributed by atoms with E-state index < -0.39 is 36.4 Å². The van der Waals surface area contributed by atoms with Crippen molar-refractivity contribution in [3.05, 3.63) is 131 Å². The van der Waals surface area contributed by atoms with Crippen molar-refractivity contribution in [2.45, 2.75) is 91.8 Å². The number of ether oxygens (including phenoxy) is 4. The zero-order chi connectivity index (χ0) is 47.9. The molecule has 4 unspecified atom stereocenters. The number of amides is 4. The summed E-state index contributed by atoms with van der Waals surface area (Å²) in [6.07, 6.45) is 3.58. The minimum atomic E-state index is -0.949. The first-order chi connectivity index (χ1) is 33.0. The minimum absolute atomic E-state index is 0.178. The molecule has 2 aliphatic heterocycles. The summed E-state index contributed by atoms with van der Waals surface area (Å²) < 4.78 is 23.3. The molecule has 0 saturated heterocycles. The third kappa shape index (κ3) is 9.75. The van der Waals surface area contributed by atoms with Crippen LogP contribution in [0.25, 0.3) is 33.6 Å². The van der Waals surface area contributed by atoms with E-state index >= 15 is 0 Å². The number of hydrogen-bond acceptors (Lipinski definition) is 10. The molecule has 4 atom stereocenters. The van der Waals surface area contributed by atoms with Crippen LogP contribution in [-0.4, -0.2) is 80.0 Å². The van der Waals surface area contributed by atoms with E-state index in [4.69, 9.17) is 28.9 Å². The molecule has 4 amide bonds. The molecular weight excluding hydrogens is 865 g/mol. The maximum absolute atomic E-state index is 14.3. The van der Waals surface area contributed by atoms with Gasteiger partial charge in [-0.1, -0.05) is 74.5 Å². The number of aromatic amines is 2. The standard InChI is InChI=1S/C52H58N8O8/c1-7-21-59(49(61)45(57-51(63)65-9-3)33-17-13-11-14-18-33)31(5)47-53-27-39(55-47)35-23-37-29-68-42-26-36(24-38-30-67-41(25-35)43(37)44(38)42)40-28-54-48(56-40)32(6)60(22-8-2)50(62)46(58-52(64)66-10-4)34-19-15-12-16-20-34/h11-20,23-28,31-32,45-46H,7-10,21-22,29-30H2,1-6H3,(H,53,55)(H,54,56)(H,57,63)(H,58,64). The minimum Gasteiger partial charge on any atom is -0.488 e. The molecule has 16 nitrogen and oxygen atoms in total. The highest BCUT2D eigenvalue weighted by Gasteiger charge is 2.35. The molecule has 0 aliphatic carbocycles. The number of alkyl carbamates (subject to hydrolysis) is 2. The van der Waals surface area contributed by atoms with Crippen LogP contribution in [-0.2, 0) is 32.3 Å². The number of H-pyrrole nitrogens is 2. The van der Waals surface area contributed by atoms with E-state index in [9.17, 15) is 19.2 Å². The number of aromatic nitrogens is 4. The summed E-state index contributed by atoms with van der Waals surface area (Å²) in [7, 11) is 0. The lowest BCUT2D eigenvalue weighted by Gasteiger charge is -2.32. The van der Waals surface area contributed by atoms with E-state index in [1.165, 1.54) is 0 Å². The Hall–Kier alpha value is -7.62. The zero-order valence-electron chi connectivity index (χ0n) is 39.3. The van der Waals surface area contributed by atoms with Crippen molar-refractivity contribution in [2.24, 2.45) is 0 Å². The number of carbonyl (C=O) groups excluding carboxylic acids is 4. The quantitative estimate of drug-likeness (QED) is 0.0645. The summed E-state index contributed by atoms with van der Waals surface area (Å²) >= 11 is 0. The van der Waals surface area contributed by atoms with Crippen LogP contribution in [0.4, 0.5) is 9.59 Å². The topological polar surface area (TPSA) is 193 Å². The first kappa shape index (κ1) is 46.9. The van der Waals surface area contributed by atoms with Gasteiger partial charge in [0.1, 0.15) is 48.4 Å². The highest BCUT2D eigenvalue weighted by atomic mass is 16.6. The van der Waals surface area contributed by atoms with Crippen LogP contribution in [0, 0.1) is 0 Å². The van der Waals surface area contributed by atoms with Gasteiger partial charge < -0.3 is 49.3 Å². The van der Waals surface area contributed by atoms with Gasteiger partial charge in [-0.15, -0.1) is 0 Å². The smallest absolute Gasteiger partial charge is 0.408 e. The van der Waals surface area contributed by atoms with E-state index in [2.05, 4.69) is 32.7 Å². The Morgan fingerprint density at radius 2 is 1.01 bits per heavy atom. The largest absolute Gasteiger partial charge is 0.488 e. The molecule has 354 valence electrons. The predicted octanol–water partition coefficient (Wildman–Crippen LogP) is 9.49. The third-order valence-electron chi connectivity index (χ3n) is 12.3. The molecule has 4 aromatic carbocycles. The lowest BCUT2D eigenvalue weighted by atomic mass is 9.87. The van der Waals surface area contributed by atoms with Crippen molar-refractivity contribution in [1.82, 2.24) is 40.4 Å². The fraction of sp³-hybridized carbons (Fsp3) is 0.346. The van der Waals surface area contributed by atoms with Crippen LogP contribution in [0.5, 0.6) is 11.5 Å². The van der Waals surface area contributed by atoms with Gasteiger partial charge in [0.15, 0.2) is 0 Å². The molecule has 2 aromatic heterocycles. The van der Waals surface area contributed by atoms with Gasteiger partial charge in [0.25, 0.3) is 11.8 Å². The molecular formula is C52H58N8O8. The van der Waals surface area contributed by atoms with Crippen molar-refractivity contribution >= 4 is 24.0 Å². The summed E-state index contributed by atoms with van der Waals surface area (Å²) in [6.45, 7) is 13.1. The van der Waals surface area contributed by atoms with Crippen LogP contribution >= 0.6 is 0 Å². The maximum Gasteiger partial charge on any atom is 0.408 e. The normalized spacial score (nSPS) is 13.9. The molecule has 0 spiro atoms. The second-order valence-electron chi connectivity index (χ2n) is 16.8. The lowest BCUT2D eigenvalue weighted by Crippen LogP contribution is -2.44. The zero-order valence-corrected chi connectivity index (χ0v) is 39.3. The van der Waals surface area contributed by atoms with E-state index in [0.29, 0.717) is 61.9 Å². The van der Waals surface area contributed by atoms with Crippen molar-refractivity contribution < 1.29 is 38.1 Å². The molecule has 0 bridgehead atoms. The number of hydrogen-bond donors (Lipinski definition) is 4. The third-order valence-corrected chi connectivity index (χ3v) is 12.3. The Bertz CT molecular complexity index is 2520. The molecule has 0 fully saturated rings. The summed E-state index contributed by atoms with van der Waals surface area (Å²) in [4.78, 5) is 73.6. The highest BCUT2D eigenvalue weighted by molar-refractivity contribution is 5.90. The van der Waals surface area contributed by atoms with Gasteiger partial charge in [0.05, 0.1) is 49.1 Å². The molecule has 68 heavy (non-hydrogen) atoms. The van der Waals surface area contributed by atoms with Gasteiger partial charge in [-0.25, -0.2) is 19.6 Å². The second kappa shape index (κ2) is 20.9. The Morgan fingerprint density at radius 3 is 1.38 bits per heavy atom. The molecule has 8 rings (SSSR count). The lowest BCUT2D eigenvalue weighted by molar-refractivity contribution is -0.136. The molecule has 0 saturated carbocycles. The number of rotatable bonds is 18. The predicted molar refractivity (Wildman–Crippen MR) is 255 cm³/mol. The fourth-order valence-corrected chi connectivity index (χ4v) is 8.93. The van der Waals surface area contributed by atoms with Gasteiger partial charge in [0, 0.05) is 46.5 Å². The van der Waals surface area contributed by atoms with Gasteiger partial charge >= 0.3 is 12.2 Å². The number of nitrogens with one attached hydrogen (secondary N) is 4. The van der Waals surface area contributed by atoms with E-state index in [1.807, 2.05) is 100 Å². The van der Waals surface area contributed by atoms with Gasteiger partial charge in [0.2, 0.25) is 0 Å². The van der Waals surface area contributed by atoms with Gasteiger partial charge in [-0.05, 0) is 75.9 Å². The molecule has 6 aromatic rings. The van der Waals surface area contributed by atoms with Crippen LogP contribution in [0.1, 0.15) is 112 Å². The SMILES string of the molecule is CCCN(C(=O)C(NC(=O)OCC)c1ccccc1)C(C)c1ncc(-c2cc3c4c(c2)OCc2cc(-c5cnc(C(C)N(CCC)C(=O)C(NC(=O)OCC)c6ccccc6)[nH]5)cc(c2-4)OC3)[nH]1. The van der Waals surface area contributed by atoms with Crippen LogP contribution in [0.3, 0.4) is 0 Å². The molecule has 2 aliphatic rings. The van der Waals surface area contributed by atoms with Crippen molar-refractivity contribution in [2.75, 3.05) is 26.3 Å². The Kier molecular flexibility index (Phi) is 14.4. The number of nitrogens with zero attached hydrogens (tertiary/aromatic N) is 4.